The molecule has 0 bridgehead atoms. The van der Waals surface area contributed by atoms with Crippen molar-refractivity contribution in [2.45, 2.75) is 31.1 Å². The average molecular weight is 478 g/mol. The normalized spacial score (nSPS) is 14.6. The molecule has 6 nitrogen and oxygen atoms in total. The quantitative estimate of drug-likeness (QED) is 0.188. The van der Waals surface area contributed by atoms with Gasteiger partial charge in [0.05, 0.1) is 6.61 Å². The van der Waals surface area contributed by atoms with E-state index in [0.717, 1.165) is 0 Å². The molecule has 0 aliphatic heterocycles. The van der Waals surface area contributed by atoms with Gasteiger partial charge in [-0.2, -0.15) is 52.7 Å². The van der Waals surface area contributed by atoms with E-state index in [9.17, 15) is 62.3 Å². The fraction of sp³-hybridized carbons (Fsp3) is 0.833. The molecular formula is C12H10F12O6. The maximum atomic E-state index is 13.5. The number of rotatable bonds is 8. The number of hydrogen-bond acceptors (Lipinski definition) is 6. The second-order valence-electron chi connectivity index (χ2n) is 5.34. The number of alkyl halides is 12. The Morgan fingerprint density at radius 3 is 1.37 bits per heavy atom. The van der Waals surface area contributed by atoms with Gasteiger partial charge >= 0.3 is 30.7 Å². The molecule has 0 unspecified atom stereocenters. The molecule has 0 amide bonds. The molecule has 0 rings (SSSR count). The van der Waals surface area contributed by atoms with Gasteiger partial charge in [0.2, 0.25) is 0 Å². The summed E-state index contributed by atoms with van der Waals surface area (Å²) in [7, 11) is 0.459. The van der Waals surface area contributed by atoms with Gasteiger partial charge in [-0.3, -0.25) is 14.8 Å². The predicted molar refractivity (Wildman–Crippen MR) is 65.3 cm³/mol. The van der Waals surface area contributed by atoms with Crippen molar-refractivity contribution in [2.75, 3.05) is 20.5 Å². The minimum Gasteiger partial charge on any atom is -0.438 e. The van der Waals surface area contributed by atoms with Crippen LogP contribution in [0.5, 0.6) is 0 Å². The highest BCUT2D eigenvalue weighted by atomic mass is 19.4. The van der Waals surface area contributed by atoms with Crippen LogP contribution in [0.25, 0.3) is 0 Å². The summed E-state index contributed by atoms with van der Waals surface area (Å²) in [5.41, 5.74) is -14.9. The smallest absolute Gasteiger partial charge is 0.415 e. The molecule has 0 aliphatic carbocycles. The van der Waals surface area contributed by atoms with Gasteiger partial charge in [0.15, 0.2) is 12.6 Å². The van der Waals surface area contributed by atoms with Crippen LogP contribution < -0.4 is 0 Å². The molecule has 18 heteroatoms. The zero-order valence-corrected chi connectivity index (χ0v) is 14.1. The highest BCUT2D eigenvalue weighted by Gasteiger charge is 2.98. The van der Waals surface area contributed by atoms with Crippen molar-refractivity contribution in [1.82, 2.24) is 0 Å². The lowest BCUT2D eigenvalue weighted by Crippen LogP contribution is -2.77. The van der Waals surface area contributed by atoms with Crippen molar-refractivity contribution in [3.8, 4) is 0 Å². The average Bonchev–Trinajstić information content (AvgIpc) is 2.49. The zero-order valence-electron chi connectivity index (χ0n) is 14.1. The van der Waals surface area contributed by atoms with E-state index in [1.807, 2.05) is 0 Å². The summed E-state index contributed by atoms with van der Waals surface area (Å²) in [6.45, 7) is -3.79. The number of esters is 1. The molecule has 0 spiro atoms. The summed E-state index contributed by atoms with van der Waals surface area (Å²) in [6.07, 6.45) is -33.3. The summed E-state index contributed by atoms with van der Waals surface area (Å²) in [5, 5.41) is 7.97. The van der Waals surface area contributed by atoms with E-state index in [0.29, 0.717) is 7.11 Å². The molecule has 1 N–H and O–H groups in total. The fourth-order valence-electron chi connectivity index (χ4n) is 2.63. The van der Waals surface area contributed by atoms with Gasteiger partial charge in [-0.25, -0.2) is 4.89 Å². The van der Waals surface area contributed by atoms with Crippen molar-refractivity contribution >= 4 is 11.8 Å². The van der Waals surface area contributed by atoms with Gasteiger partial charge in [-0.15, -0.1) is 0 Å². The number of carbonyl (C=O) groups excluding carboxylic acids is 2. The van der Waals surface area contributed by atoms with E-state index in [1.165, 1.54) is 0 Å². The third-order valence-electron chi connectivity index (χ3n) is 3.72. The van der Waals surface area contributed by atoms with Gasteiger partial charge in [0, 0.05) is 13.5 Å². The van der Waals surface area contributed by atoms with Crippen LogP contribution in [0, 0.1) is 10.8 Å². The summed E-state index contributed by atoms with van der Waals surface area (Å²) in [6, 6.07) is 0. The molecule has 0 aromatic carbocycles. The molecule has 30 heavy (non-hydrogen) atoms. The number of ketones is 1. The van der Waals surface area contributed by atoms with Crippen LogP contribution in [0.1, 0.15) is 6.42 Å². The lowest BCUT2D eigenvalue weighted by molar-refractivity contribution is -0.444. The second-order valence-corrected chi connectivity index (χ2v) is 5.34. The lowest BCUT2D eigenvalue weighted by Gasteiger charge is -2.49. The van der Waals surface area contributed by atoms with Crippen LogP contribution in [0.4, 0.5) is 52.7 Å². The number of halogens is 12. The van der Waals surface area contributed by atoms with Crippen LogP contribution in [-0.4, -0.2) is 62.2 Å². The Bertz CT molecular complexity index is 535. The maximum Gasteiger partial charge on any atom is 0.415 e. The van der Waals surface area contributed by atoms with E-state index in [4.69, 9.17) is 5.26 Å². The largest absolute Gasteiger partial charge is 0.438 e. The Morgan fingerprint density at radius 1 is 0.733 bits per heavy atom. The molecule has 0 heterocycles. The summed E-state index contributed by atoms with van der Waals surface area (Å²) < 4.78 is 169. The third kappa shape index (κ3) is 4.16. The summed E-state index contributed by atoms with van der Waals surface area (Å²) in [4.78, 5) is 26.4. The van der Waals surface area contributed by atoms with Gasteiger partial charge in [-0.1, -0.05) is 0 Å². The molecule has 178 valence electrons. The molecule has 0 fully saturated rings. The Kier molecular flexibility index (Phi) is 8.21. The minimum atomic E-state index is -7.73. The fourth-order valence-corrected chi connectivity index (χ4v) is 2.63. The molecule has 0 saturated heterocycles. The van der Waals surface area contributed by atoms with E-state index in [-0.39, 0.29) is 0 Å². The van der Waals surface area contributed by atoms with Crippen LogP contribution in [-0.2, 0) is 24.0 Å². The van der Waals surface area contributed by atoms with E-state index in [1.54, 1.807) is 0 Å². The Hall–Kier alpha value is -1.82. The van der Waals surface area contributed by atoms with Crippen LogP contribution in [0.15, 0.2) is 0 Å². The highest BCUT2D eigenvalue weighted by molar-refractivity contribution is 5.95. The van der Waals surface area contributed by atoms with Gasteiger partial charge in [-0.05, 0) is 0 Å². The molecule has 0 saturated carbocycles. The van der Waals surface area contributed by atoms with Crippen LogP contribution in [0.2, 0.25) is 0 Å². The number of Topliss-reactive ketones (excluding diaryl/α,β-unsaturated/α-hetero) is 1. The topological polar surface area (TPSA) is 82.1 Å². The first kappa shape index (κ1) is 28.2. The van der Waals surface area contributed by atoms with Crippen LogP contribution >= 0.6 is 0 Å². The molecule has 0 aromatic rings. The molecule has 0 aromatic heterocycles. The van der Waals surface area contributed by atoms with E-state index in [2.05, 4.69) is 14.4 Å². The van der Waals surface area contributed by atoms with Crippen molar-refractivity contribution in [1.29, 1.82) is 0 Å². The molecule has 0 atom stereocenters. The monoisotopic (exact) mass is 478 g/mol. The number of carbonyl (C=O) groups is 2. The minimum absolute atomic E-state index is 0.459. The van der Waals surface area contributed by atoms with Crippen molar-refractivity contribution in [3.05, 3.63) is 0 Å². The number of methoxy groups -OCH3 is 1. The van der Waals surface area contributed by atoms with Gasteiger partial charge < -0.3 is 9.47 Å². The van der Waals surface area contributed by atoms with Gasteiger partial charge in [0.1, 0.15) is 0 Å². The number of hydrogen-bond donors (Lipinski definition) is 1. The number of ether oxygens (including phenoxy) is 2. The summed E-state index contributed by atoms with van der Waals surface area (Å²) >= 11 is 0. The van der Waals surface area contributed by atoms with Crippen molar-refractivity contribution in [3.63, 3.8) is 0 Å². The molecular weight excluding hydrogens is 468 g/mol. The highest BCUT2D eigenvalue weighted by Crippen LogP contribution is 2.71. The standard InChI is InChI=1S/C12H10F12O6/c1-28-4-29-6(26)8(11(19,20)21,12(22,23)24)7(9(13,14)15,10(16,17)18)5(25)2-3-30-27/h27H,2-4H2,1H3. The second kappa shape index (κ2) is 8.74. The van der Waals surface area contributed by atoms with Crippen molar-refractivity contribution in [2.24, 2.45) is 10.8 Å². The third-order valence-corrected chi connectivity index (χ3v) is 3.72. The first-order chi connectivity index (χ1) is 13.2. The maximum absolute atomic E-state index is 13.5. The Morgan fingerprint density at radius 2 is 1.10 bits per heavy atom. The van der Waals surface area contributed by atoms with Gasteiger partial charge in [0.25, 0.3) is 10.8 Å². The summed E-state index contributed by atoms with van der Waals surface area (Å²) in [5.74, 6) is -7.96. The molecule has 0 aliphatic rings. The molecule has 0 radical (unpaired) electrons. The predicted octanol–water partition coefficient (Wildman–Crippen LogP) is 3.80. The van der Waals surface area contributed by atoms with Crippen LogP contribution in [0.3, 0.4) is 0 Å². The first-order valence-electron chi connectivity index (χ1n) is 6.94. The Balaban J connectivity index is 7.83. The first-order valence-corrected chi connectivity index (χ1v) is 6.94. The van der Waals surface area contributed by atoms with E-state index < -0.39 is 67.1 Å². The zero-order chi connectivity index (χ0) is 24.4. The SMILES string of the molecule is COCOC(=O)C(C(F)(F)F)(C(F)(F)F)C(C(=O)CCOO)(C(F)(F)F)C(F)(F)F. The Labute approximate surface area is 157 Å². The van der Waals surface area contributed by atoms with E-state index >= 15 is 0 Å². The van der Waals surface area contributed by atoms with Crippen molar-refractivity contribution < 1.29 is 81.9 Å². The lowest BCUT2D eigenvalue weighted by atomic mass is 9.57.